The van der Waals surface area contributed by atoms with Crippen LogP contribution in [-0.4, -0.2) is 37.6 Å². The monoisotopic (exact) mass is 282 g/mol. The first-order chi connectivity index (χ1) is 9.08. The van der Waals surface area contributed by atoms with Crippen LogP contribution in [0.1, 0.15) is 23.2 Å². The third-order valence-electron chi connectivity index (χ3n) is 3.21. The predicted molar refractivity (Wildman–Crippen MR) is 76.4 cm³/mol. The van der Waals surface area contributed by atoms with E-state index in [-0.39, 0.29) is 5.91 Å². The second-order valence-corrected chi connectivity index (χ2v) is 5.39. The summed E-state index contributed by atoms with van der Waals surface area (Å²) in [6, 6.07) is 4.93. The Bertz CT molecular complexity index is 461. The van der Waals surface area contributed by atoms with E-state index in [1.54, 1.807) is 30.1 Å². The Morgan fingerprint density at radius 1 is 1.53 bits per heavy atom. The Hall–Kier alpha value is -1.26. The molecular formula is C14H19ClN2O2. The molecule has 0 spiro atoms. The molecule has 4 nitrogen and oxygen atoms in total. The molecule has 1 aliphatic carbocycles. The van der Waals surface area contributed by atoms with Crippen LogP contribution in [0.15, 0.2) is 18.2 Å². The molecule has 0 bridgehead atoms. The fourth-order valence-corrected chi connectivity index (χ4v) is 1.85. The zero-order valence-electron chi connectivity index (χ0n) is 11.1. The molecule has 0 radical (unpaired) electrons. The molecule has 1 saturated carbocycles. The molecular weight excluding hydrogens is 264 g/mol. The van der Waals surface area contributed by atoms with Gasteiger partial charge in [0.05, 0.1) is 17.3 Å². The van der Waals surface area contributed by atoms with E-state index in [4.69, 9.17) is 22.1 Å². The van der Waals surface area contributed by atoms with E-state index in [1.165, 1.54) is 12.8 Å². The maximum Gasteiger partial charge on any atom is 0.253 e. The summed E-state index contributed by atoms with van der Waals surface area (Å²) in [7, 11) is 1.76. The van der Waals surface area contributed by atoms with Crippen molar-refractivity contribution >= 4 is 23.2 Å². The predicted octanol–water partition coefficient (Wildman–Crippen LogP) is 2.42. The van der Waals surface area contributed by atoms with Crippen molar-refractivity contribution in [3.8, 4) is 0 Å². The van der Waals surface area contributed by atoms with Crippen molar-refractivity contribution in [3.05, 3.63) is 28.8 Å². The van der Waals surface area contributed by atoms with Gasteiger partial charge in [-0.15, -0.1) is 0 Å². The van der Waals surface area contributed by atoms with Gasteiger partial charge in [-0.25, -0.2) is 0 Å². The number of nitrogen functional groups attached to an aromatic ring is 1. The van der Waals surface area contributed by atoms with Crippen molar-refractivity contribution in [2.45, 2.75) is 12.8 Å². The molecule has 2 rings (SSSR count). The minimum absolute atomic E-state index is 0.0709. The maximum atomic E-state index is 12.1. The van der Waals surface area contributed by atoms with Crippen molar-refractivity contribution < 1.29 is 9.53 Å². The number of nitrogens with zero attached hydrogens (tertiary/aromatic N) is 1. The van der Waals surface area contributed by atoms with Gasteiger partial charge in [-0.2, -0.15) is 0 Å². The van der Waals surface area contributed by atoms with E-state index in [1.807, 2.05) is 0 Å². The molecule has 0 aliphatic heterocycles. The van der Waals surface area contributed by atoms with Gasteiger partial charge in [0.1, 0.15) is 0 Å². The Kier molecular flexibility index (Phi) is 4.66. The molecule has 5 heteroatoms. The van der Waals surface area contributed by atoms with Crippen molar-refractivity contribution in [2.24, 2.45) is 5.92 Å². The first-order valence-corrected chi connectivity index (χ1v) is 6.84. The highest BCUT2D eigenvalue weighted by molar-refractivity contribution is 6.33. The normalized spacial score (nSPS) is 14.4. The molecule has 0 heterocycles. The number of ether oxygens (including phenoxy) is 1. The third-order valence-corrected chi connectivity index (χ3v) is 3.56. The van der Waals surface area contributed by atoms with E-state index in [9.17, 15) is 4.79 Å². The lowest BCUT2D eigenvalue weighted by Crippen LogP contribution is -2.30. The van der Waals surface area contributed by atoms with Gasteiger partial charge in [0, 0.05) is 25.8 Å². The van der Waals surface area contributed by atoms with Crippen LogP contribution in [0.25, 0.3) is 0 Å². The number of benzene rings is 1. The lowest BCUT2D eigenvalue weighted by Gasteiger charge is -2.17. The minimum atomic E-state index is -0.0709. The largest absolute Gasteiger partial charge is 0.398 e. The van der Waals surface area contributed by atoms with E-state index in [0.717, 1.165) is 12.5 Å². The number of likely N-dealkylation sites (N-methyl/N-ethyl adjacent to an activating group) is 1. The number of rotatable bonds is 6. The van der Waals surface area contributed by atoms with Gasteiger partial charge < -0.3 is 15.4 Å². The van der Waals surface area contributed by atoms with Gasteiger partial charge in [0.25, 0.3) is 5.91 Å². The summed E-state index contributed by atoms with van der Waals surface area (Å²) >= 11 is 5.83. The van der Waals surface area contributed by atoms with Crippen molar-refractivity contribution in [1.82, 2.24) is 4.90 Å². The van der Waals surface area contributed by atoms with Crippen LogP contribution >= 0.6 is 11.6 Å². The fourth-order valence-electron chi connectivity index (χ4n) is 1.73. The standard InChI is InChI=1S/C14H19ClN2O2/c1-17(6-7-19-9-10-2-3-10)14(18)11-4-5-12(15)13(16)8-11/h4-5,8,10H,2-3,6-7,9,16H2,1H3. The first kappa shape index (κ1) is 14.2. The summed E-state index contributed by atoms with van der Waals surface area (Å²) in [4.78, 5) is 13.8. The molecule has 1 aromatic rings. The molecule has 0 unspecified atom stereocenters. The lowest BCUT2D eigenvalue weighted by atomic mass is 10.2. The van der Waals surface area contributed by atoms with Gasteiger partial charge in [0.2, 0.25) is 0 Å². The molecule has 0 aromatic heterocycles. The first-order valence-electron chi connectivity index (χ1n) is 6.46. The topological polar surface area (TPSA) is 55.6 Å². The van der Waals surface area contributed by atoms with Crippen LogP contribution in [0.2, 0.25) is 5.02 Å². The van der Waals surface area contributed by atoms with E-state index in [0.29, 0.717) is 29.4 Å². The summed E-state index contributed by atoms with van der Waals surface area (Å²) in [6.45, 7) is 1.96. The summed E-state index contributed by atoms with van der Waals surface area (Å²) in [5, 5.41) is 0.465. The molecule has 104 valence electrons. The second kappa shape index (κ2) is 6.26. The molecule has 0 saturated heterocycles. The van der Waals surface area contributed by atoms with Crippen LogP contribution in [-0.2, 0) is 4.74 Å². The number of hydrogen-bond donors (Lipinski definition) is 1. The van der Waals surface area contributed by atoms with Crippen molar-refractivity contribution in [1.29, 1.82) is 0 Å². The van der Waals surface area contributed by atoms with Crippen molar-refractivity contribution in [2.75, 3.05) is 32.5 Å². The molecule has 2 N–H and O–H groups in total. The van der Waals surface area contributed by atoms with Crippen LogP contribution in [0.4, 0.5) is 5.69 Å². The SMILES string of the molecule is CN(CCOCC1CC1)C(=O)c1ccc(Cl)c(N)c1. The summed E-state index contributed by atoms with van der Waals surface area (Å²) in [5.74, 6) is 0.676. The maximum absolute atomic E-state index is 12.1. The summed E-state index contributed by atoms with van der Waals surface area (Å²) in [5.41, 5.74) is 6.66. The summed E-state index contributed by atoms with van der Waals surface area (Å²) in [6.07, 6.45) is 2.55. The molecule has 19 heavy (non-hydrogen) atoms. The Morgan fingerprint density at radius 2 is 2.26 bits per heavy atom. The van der Waals surface area contributed by atoms with Gasteiger partial charge in [-0.1, -0.05) is 11.6 Å². The van der Waals surface area contributed by atoms with Gasteiger partial charge >= 0.3 is 0 Å². The second-order valence-electron chi connectivity index (χ2n) is 4.98. The number of nitrogens with two attached hydrogens (primary N) is 1. The highest BCUT2D eigenvalue weighted by Gasteiger charge is 2.21. The molecule has 1 aliphatic rings. The van der Waals surface area contributed by atoms with E-state index in [2.05, 4.69) is 0 Å². The average Bonchev–Trinajstić information content (AvgIpc) is 3.21. The fraction of sp³-hybridized carbons (Fsp3) is 0.500. The van der Waals surface area contributed by atoms with Crippen molar-refractivity contribution in [3.63, 3.8) is 0 Å². The quantitative estimate of drug-likeness (QED) is 0.644. The molecule has 1 aromatic carbocycles. The number of halogens is 1. The average molecular weight is 283 g/mol. The number of anilines is 1. The van der Waals surface area contributed by atoms with Gasteiger partial charge in [-0.05, 0) is 37.0 Å². The minimum Gasteiger partial charge on any atom is -0.398 e. The van der Waals surface area contributed by atoms with Crippen LogP contribution < -0.4 is 5.73 Å². The highest BCUT2D eigenvalue weighted by atomic mass is 35.5. The number of carbonyl (C=O) groups is 1. The molecule has 0 atom stereocenters. The third kappa shape index (κ3) is 4.11. The van der Waals surface area contributed by atoms with E-state index >= 15 is 0 Å². The lowest BCUT2D eigenvalue weighted by molar-refractivity contribution is 0.0681. The highest BCUT2D eigenvalue weighted by Crippen LogP contribution is 2.28. The number of carbonyl (C=O) groups excluding carboxylic acids is 1. The van der Waals surface area contributed by atoms with Crippen LogP contribution in [0, 0.1) is 5.92 Å². The Balaban J connectivity index is 1.81. The Labute approximate surface area is 118 Å². The molecule has 1 fully saturated rings. The zero-order chi connectivity index (χ0) is 13.8. The van der Waals surface area contributed by atoms with Crippen LogP contribution in [0.5, 0.6) is 0 Å². The molecule has 1 amide bonds. The Morgan fingerprint density at radius 3 is 2.89 bits per heavy atom. The summed E-state index contributed by atoms with van der Waals surface area (Å²) < 4.78 is 5.52. The van der Waals surface area contributed by atoms with Gasteiger partial charge in [0.15, 0.2) is 0 Å². The number of amides is 1. The van der Waals surface area contributed by atoms with Crippen LogP contribution in [0.3, 0.4) is 0 Å². The number of hydrogen-bond acceptors (Lipinski definition) is 3. The van der Waals surface area contributed by atoms with E-state index < -0.39 is 0 Å². The van der Waals surface area contributed by atoms with Gasteiger partial charge in [-0.3, -0.25) is 4.79 Å². The zero-order valence-corrected chi connectivity index (χ0v) is 11.8. The smallest absolute Gasteiger partial charge is 0.253 e.